The number of hydrogen-bond acceptors (Lipinski definition) is 4. The van der Waals surface area contributed by atoms with E-state index in [1.54, 1.807) is 11.5 Å². The molecule has 1 saturated heterocycles. The fraction of sp³-hybridized carbons (Fsp3) is 0.526. The van der Waals surface area contributed by atoms with E-state index < -0.39 is 0 Å². The molecule has 27 heavy (non-hydrogen) atoms. The average Bonchev–Trinajstić information content (AvgIpc) is 3.15. The number of nitrogens with zero attached hydrogens (tertiary/aromatic N) is 5. The van der Waals surface area contributed by atoms with E-state index in [0.29, 0.717) is 18.9 Å². The molecule has 1 fully saturated rings. The van der Waals surface area contributed by atoms with Crippen LogP contribution >= 0.6 is 0 Å². The number of methoxy groups -OCH3 is 1. The van der Waals surface area contributed by atoms with Gasteiger partial charge in [0, 0.05) is 26.2 Å². The second-order valence-corrected chi connectivity index (χ2v) is 7.14. The van der Waals surface area contributed by atoms with Crippen molar-refractivity contribution in [1.29, 1.82) is 0 Å². The summed E-state index contributed by atoms with van der Waals surface area (Å²) < 4.78 is 10.0. The van der Waals surface area contributed by atoms with Gasteiger partial charge in [-0.1, -0.05) is 12.1 Å². The fourth-order valence-corrected chi connectivity index (χ4v) is 3.96. The molecule has 1 unspecified atom stereocenters. The number of benzene rings is 1. The largest absolute Gasteiger partial charge is 0.383 e. The summed E-state index contributed by atoms with van der Waals surface area (Å²) in [5, 5.41) is 4.49. The van der Waals surface area contributed by atoms with E-state index in [1.807, 2.05) is 33.7 Å². The first-order chi connectivity index (χ1) is 13.1. The molecule has 1 atom stereocenters. The van der Waals surface area contributed by atoms with Gasteiger partial charge in [0.05, 0.1) is 17.6 Å². The van der Waals surface area contributed by atoms with Crippen LogP contribution in [0.2, 0.25) is 0 Å². The molecule has 0 bridgehead atoms. The molecule has 1 amide bonds. The summed E-state index contributed by atoms with van der Waals surface area (Å²) in [6.45, 7) is 3.89. The lowest BCUT2D eigenvalue weighted by Crippen LogP contribution is -2.44. The average molecular weight is 371 g/mol. The van der Waals surface area contributed by atoms with Crippen molar-refractivity contribution in [2.24, 2.45) is 0 Å². The summed E-state index contributed by atoms with van der Waals surface area (Å²) in [4.78, 5) is 27.6. The molecule has 4 rings (SSSR count). The molecule has 2 aromatic heterocycles. The van der Waals surface area contributed by atoms with Crippen LogP contribution in [-0.4, -0.2) is 55.9 Å². The monoisotopic (exact) mass is 371 g/mol. The summed E-state index contributed by atoms with van der Waals surface area (Å²) in [5.74, 6) is 0.496. The minimum atomic E-state index is -0.282. The Morgan fingerprint density at radius 3 is 2.78 bits per heavy atom. The second-order valence-electron chi connectivity index (χ2n) is 7.14. The summed E-state index contributed by atoms with van der Waals surface area (Å²) in [6.07, 6.45) is 3.18. The Bertz CT molecular complexity index is 1030. The lowest BCUT2D eigenvalue weighted by atomic mass is 10.0. The van der Waals surface area contributed by atoms with E-state index in [-0.39, 0.29) is 24.2 Å². The van der Waals surface area contributed by atoms with Crippen LogP contribution in [0.5, 0.6) is 0 Å². The number of carbonyl (C=O) groups excluding carboxylic acids is 1. The van der Waals surface area contributed by atoms with Gasteiger partial charge in [-0.15, -0.1) is 5.10 Å². The molecule has 0 aliphatic carbocycles. The van der Waals surface area contributed by atoms with Crippen molar-refractivity contribution in [3.63, 3.8) is 0 Å². The topological polar surface area (TPSA) is 73.8 Å². The van der Waals surface area contributed by atoms with Crippen LogP contribution in [0.1, 0.15) is 26.2 Å². The number of para-hydroxylation sites is 2. The van der Waals surface area contributed by atoms with Crippen LogP contribution < -0.4 is 5.69 Å². The minimum absolute atomic E-state index is 0.0243. The highest BCUT2D eigenvalue weighted by Gasteiger charge is 2.25. The van der Waals surface area contributed by atoms with E-state index in [0.717, 1.165) is 36.8 Å². The molecule has 3 heterocycles. The van der Waals surface area contributed by atoms with Crippen LogP contribution in [-0.2, 0) is 22.6 Å². The minimum Gasteiger partial charge on any atom is -0.383 e. The second kappa shape index (κ2) is 7.19. The molecule has 1 aliphatic heterocycles. The van der Waals surface area contributed by atoms with Crippen molar-refractivity contribution in [1.82, 2.24) is 23.6 Å². The molecular weight excluding hydrogens is 346 g/mol. The van der Waals surface area contributed by atoms with E-state index in [4.69, 9.17) is 4.74 Å². The molecule has 0 saturated carbocycles. The number of likely N-dealkylation sites (tertiary alicyclic amines) is 1. The third-order valence-corrected chi connectivity index (χ3v) is 5.40. The van der Waals surface area contributed by atoms with Crippen molar-refractivity contribution in [2.45, 2.75) is 45.3 Å². The van der Waals surface area contributed by atoms with Crippen molar-refractivity contribution in [3.05, 3.63) is 34.7 Å². The van der Waals surface area contributed by atoms with Gasteiger partial charge < -0.3 is 14.2 Å². The number of imidazole rings is 1. The third-order valence-electron chi connectivity index (χ3n) is 5.40. The molecule has 0 spiro atoms. The Balaban J connectivity index is 1.73. The summed E-state index contributed by atoms with van der Waals surface area (Å²) in [6, 6.07) is 7.91. The predicted molar refractivity (Wildman–Crippen MR) is 102 cm³/mol. The fourth-order valence-electron chi connectivity index (χ4n) is 3.96. The number of amides is 1. The maximum absolute atomic E-state index is 13.0. The van der Waals surface area contributed by atoms with Gasteiger partial charge in [0.2, 0.25) is 11.7 Å². The van der Waals surface area contributed by atoms with Crippen molar-refractivity contribution in [2.75, 3.05) is 20.3 Å². The first kappa shape index (κ1) is 17.8. The number of piperidine rings is 1. The van der Waals surface area contributed by atoms with E-state index in [1.165, 1.54) is 4.68 Å². The van der Waals surface area contributed by atoms with Crippen LogP contribution in [0.15, 0.2) is 29.1 Å². The zero-order valence-corrected chi connectivity index (χ0v) is 15.8. The maximum Gasteiger partial charge on any atom is 0.352 e. The van der Waals surface area contributed by atoms with E-state index in [2.05, 4.69) is 12.0 Å². The highest BCUT2D eigenvalue weighted by molar-refractivity contribution is 5.81. The highest BCUT2D eigenvalue weighted by atomic mass is 16.5. The first-order valence-corrected chi connectivity index (χ1v) is 9.47. The molecule has 0 radical (unpaired) electrons. The summed E-state index contributed by atoms with van der Waals surface area (Å²) in [7, 11) is 1.64. The van der Waals surface area contributed by atoms with Crippen LogP contribution in [0, 0.1) is 0 Å². The number of fused-ring (bicyclic) bond motifs is 3. The molecule has 3 aromatic rings. The van der Waals surface area contributed by atoms with Gasteiger partial charge in [-0.2, -0.15) is 0 Å². The van der Waals surface area contributed by atoms with Gasteiger partial charge in [-0.3, -0.25) is 4.79 Å². The molecule has 1 aliphatic rings. The summed E-state index contributed by atoms with van der Waals surface area (Å²) in [5.41, 5.74) is 1.44. The lowest BCUT2D eigenvalue weighted by Gasteiger charge is -2.33. The Kier molecular flexibility index (Phi) is 4.73. The number of rotatable bonds is 5. The van der Waals surface area contributed by atoms with Gasteiger partial charge in [0.15, 0.2) is 0 Å². The van der Waals surface area contributed by atoms with Crippen LogP contribution in [0.3, 0.4) is 0 Å². The zero-order chi connectivity index (χ0) is 19.0. The molecule has 8 heteroatoms. The van der Waals surface area contributed by atoms with Gasteiger partial charge >= 0.3 is 5.69 Å². The standard InChI is InChI=1S/C19H25N5O3/c1-14-7-5-6-10-21(14)17(25)13-23-19(26)24-16-9-4-3-8-15(16)22(11-12-27-2)18(24)20-23/h3-4,8-9,14H,5-7,10-13H2,1-2H3. The van der Waals surface area contributed by atoms with Gasteiger partial charge in [-0.25, -0.2) is 13.9 Å². The van der Waals surface area contributed by atoms with Crippen molar-refractivity contribution < 1.29 is 9.53 Å². The number of ether oxygens (including phenoxy) is 1. The maximum atomic E-state index is 13.0. The van der Waals surface area contributed by atoms with Gasteiger partial charge in [-0.05, 0) is 38.3 Å². The zero-order valence-electron chi connectivity index (χ0n) is 15.8. The summed E-state index contributed by atoms with van der Waals surface area (Å²) >= 11 is 0. The lowest BCUT2D eigenvalue weighted by molar-refractivity contribution is -0.135. The number of carbonyl (C=O) groups is 1. The Morgan fingerprint density at radius 2 is 2.04 bits per heavy atom. The molecule has 144 valence electrons. The van der Waals surface area contributed by atoms with Gasteiger partial charge in [0.1, 0.15) is 6.54 Å². The van der Waals surface area contributed by atoms with Crippen molar-refractivity contribution >= 4 is 22.7 Å². The molecular formula is C19H25N5O3. The normalized spacial score (nSPS) is 17.9. The Morgan fingerprint density at radius 1 is 1.26 bits per heavy atom. The van der Waals surface area contributed by atoms with Crippen molar-refractivity contribution in [3.8, 4) is 0 Å². The van der Waals surface area contributed by atoms with Crippen LogP contribution in [0.25, 0.3) is 16.8 Å². The van der Waals surface area contributed by atoms with Crippen LogP contribution in [0.4, 0.5) is 0 Å². The predicted octanol–water partition coefficient (Wildman–Crippen LogP) is 1.50. The quantitative estimate of drug-likeness (QED) is 0.681. The van der Waals surface area contributed by atoms with E-state index in [9.17, 15) is 9.59 Å². The smallest absolute Gasteiger partial charge is 0.352 e. The SMILES string of the molecule is COCCn1c2ccccc2n2c(=O)n(CC(=O)N3CCCCC3C)nc12. The first-order valence-electron chi connectivity index (χ1n) is 9.47. The Labute approximate surface area is 156 Å². The molecule has 8 nitrogen and oxygen atoms in total. The number of aromatic nitrogens is 4. The third kappa shape index (κ3) is 3.03. The van der Waals surface area contributed by atoms with Gasteiger partial charge in [0.25, 0.3) is 0 Å². The Hall–Kier alpha value is -2.61. The number of hydrogen-bond donors (Lipinski definition) is 0. The molecule has 1 aromatic carbocycles. The molecule has 0 N–H and O–H groups in total. The highest BCUT2D eigenvalue weighted by Crippen LogP contribution is 2.19. The van der Waals surface area contributed by atoms with E-state index >= 15 is 0 Å².